The maximum atomic E-state index is 4.27. The molecule has 80 valence electrons. The summed E-state index contributed by atoms with van der Waals surface area (Å²) in [6.07, 6.45) is 0. The molecule has 14 heavy (non-hydrogen) atoms. The number of nitrogens with one attached hydrogen (secondary N) is 1. The maximum Gasteiger partial charge on any atom is 0.0631 e. The Labute approximate surface area is 87.1 Å². The van der Waals surface area contributed by atoms with Gasteiger partial charge in [-0.15, -0.1) is 0 Å². The average molecular weight is 194 g/mol. The van der Waals surface area contributed by atoms with Gasteiger partial charge in [-0.2, -0.15) is 5.10 Å². The van der Waals surface area contributed by atoms with Gasteiger partial charge in [0.05, 0.1) is 5.69 Å². The standard InChI is InChI=1S/C12H22N2/c1-8-10(9(2)14-13-8)12(6,7)11(3,4)5/h1-7H3,(H,13,14). The molecule has 0 amide bonds. The topological polar surface area (TPSA) is 28.7 Å². The van der Waals surface area contributed by atoms with Gasteiger partial charge < -0.3 is 0 Å². The summed E-state index contributed by atoms with van der Waals surface area (Å²) in [5, 5.41) is 7.34. The highest BCUT2D eigenvalue weighted by atomic mass is 15.1. The van der Waals surface area contributed by atoms with E-state index in [4.69, 9.17) is 0 Å². The molecule has 0 fully saturated rings. The molecule has 1 N–H and O–H groups in total. The second kappa shape index (κ2) is 3.11. The van der Waals surface area contributed by atoms with Gasteiger partial charge in [0, 0.05) is 11.3 Å². The smallest absolute Gasteiger partial charge is 0.0631 e. The maximum absolute atomic E-state index is 4.27. The second-order valence-corrected chi connectivity index (χ2v) is 5.68. The molecule has 0 aromatic carbocycles. The summed E-state index contributed by atoms with van der Waals surface area (Å²) in [6, 6.07) is 0. The normalized spacial score (nSPS) is 13.4. The molecule has 0 spiro atoms. The van der Waals surface area contributed by atoms with E-state index in [1.807, 2.05) is 0 Å². The van der Waals surface area contributed by atoms with E-state index in [0.29, 0.717) is 0 Å². The molecule has 1 rings (SSSR count). The van der Waals surface area contributed by atoms with Crippen LogP contribution in [0.25, 0.3) is 0 Å². The largest absolute Gasteiger partial charge is 0.282 e. The van der Waals surface area contributed by atoms with Crippen LogP contribution in [-0.2, 0) is 5.41 Å². The molecule has 0 aliphatic carbocycles. The summed E-state index contributed by atoms with van der Waals surface area (Å²) >= 11 is 0. The fourth-order valence-corrected chi connectivity index (χ4v) is 1.85. The minimum Gasteiger partial charge on any atom is -0.282 e. The summed E-state index contributed by atoms with van der Waals surface area (Å²) in [7, 11) is 0. The van der Waals surface area contributed by atoms with E-state index in [-0.39, 0.29) is 10.8 Å². The minimum absolute atomic E-state index is 0.147. The third-order valence-electron chi connectivity index (χ3n) is 3.63. The number of aromatic nitrogens is 2. The van der Waals surface area contributed by atoms with Crippen molar-refractivity contribution in [1.29, 1.82) is 0 Å². The van der Waals surface area contributed by atoms with Crippen LogP contribution in [-0.4, -0.2) is 10.2 Å². The Bertz CT molecular complexity index is 307. The van der Waals surface area contributed by atoms with Crippen molar-refractivity contribution in [1.82, 2.24) is 10.2 Å². The third kappa shape index (κ3) is 1.58. The Morgan fingerprint density at radius 2 is 1.50 bits per heavy atom. The van der Waals surface area contributed by atoms with Gasteiger partial charge in [-0.05, 0) is 24.7 Å². The molecule has 0 radical (unpaired) electrons. The number of rotatable bonds is 1. The molecule has 2 heteroatoms. The van der Waals surface area contributed by atoms with Crippen LogP contribution in [0.2, 0.25) is 0 Å². The van der Waals surface area contributed by atoms with Gasteiger partial charge in [-0.3, -0.25) is 5.10 Å². The molecule has 0 atom stereocenters. The van der Waals surface area contributed by atoms with Crippen LogP contribution in [0.1, 0.15) is 51.6 Å². The summed E-state index contributed by atoms with van der Waals surface area (Å²) in [5.74, 6) is 0. The average Bonchev–Trinajstić information content (AvgIpc) is 2.28. The zero-order valence-corrected chi connectivity index (χ0v) is 10.4. The van der Waals surface area contributed by atoms with Gasteiger partial charge in [-0.25, -0.2) is 0 Å². The molecule has 1 aromatic rings. The number of hydrogen-bond acceptors (Lipinski definition) is 1. The van der Waals surface area contributed by atoms with E-state index >= 15 is 0 Å². The highest BCUT2D eigenvalue weighted by molar-refractivity contribution is 5.33. The van der Waals surface area contributed by atoms with Gasteiger partial charge in [0.25, 0.3) is 0 Å². The molecule has 1 aromatic heterocycles. The zero-order chi connectivity index (χ0) is 11.1. The minimum atomic E-state index is 0.147. The first kappa shape index (κ1) is 11.3. The van der Waals surface area contributed by atoms with Crippen molar-refractivity contribution in [3.63, 3.8) is 0 Å². The molecule has 0 aliphatic heterocycles. The van der Waals surface area contributed by atoms with Gasteiger partial charge in [0.15, 0.2) is 0 Å². The second-order valence-electron chi connectivity index (χ2n) is 5.68. The highest BCUT2D eigenvalue weighted by Crippen LogP contribution is 2.42. The Morgan fingerprint density at radius 1 is 1.00 bits per heavy atom. The predicted molar refractivity (Wildman–Crippen MR) is 60.5 cm³/mol. The van der Waals surface area contributed by atoms with Crippen molar-refractivity contribution in [3.8, 4) is 0 Å². The first-order chi connectivity index (χ1) is 6.18. The fraction of sp³-hybridized carbons (Fsp3) is 0.750. The Hall–Kier alpha value is -0.790. The monoisotopic (exact) mass is 194 g/mol. The summed E-state index contributed by atoms with van der Waals surface area (Å²) < 4.78 is 0. The van der Waals surface area contributed by atoms with E-state index in [9.17, 15) is 0 Å². The number of H-pyrrole nitrogens is 1. The predicted octanol–water partition coefficient (Wildman–Crippen LogP) is 3.35. The molecule has 1 heterocycles. The zero-order valence-electron chi connectivity index (χ0n) is 10.4. The van der Waals surface area contributed by atoms with E-state index in [0.717, 1.165) is 5.69 Å². The number of aromatic amines is 1. The van der Waals surface area contributed by atoms with E-state index < -0.39 is 0 Å². The van der Waals surface area contributed by atoms with Gasteiger partial charge in [0.1, 0.15) is 0 Å². The van der Waals surface area contributed by atoms with Crippen molar-refractivity contribution >= 4 is 0 Å². The number of aryl methyl sites for hydroxylation is 2. The molecular formula is C12H22N2. The van der Waals surface area contributed by atoms with Crippen LogP contribution < -0.4 is 0 Å². The molecule has 0 aliphatic rings. The first-order valence-electron chi connectivity index (χ1n) is 5.20. The van der Waals surface area contributed by atoms with Gasteiger partial charge >= 0.3 is 0 Å². The van der Waals surface area contributed by atoms with Gasteiger partial charge in [0.2, 0.25) is 0 Å². The fourth-order valence-electron chi connectivity index (χ4n) is 1.85. The molecule has 2 nitrogen and oxygen atoms in total. The van der Waals surface area contributed by atoms with Crippen LogP contribution in [0, 0.1) is 19.3 Å². The van der Waals surface area contributed by atoms with Crippen molar-refractivity contribution in [3.05, 3.63) is 17.0 Å². The van der Waals surface area contributed by atoms with Crippen molar-refractivity contribution in [2.24, 2.45) is 5.41 Å². The van der Waals surface area contributed by atoms with Gasteiger partial charge in [-0.1, -0.05) is 34.6 Å². The highest BCUT2D eigenvalue weighted by Gasteiger charge is 2.37. The number of nitrogens with zero attached hydrogens (tertiary/aromatic N) is 1. The first-order valence-corrected chi connectivity index (χ1v) is 5.20. The molecule has 0 unspecified atom stereocenters. The van der Waals surface area contributed by atoms with Crippen molar-refractivity contribution < 1.29 is 0 Å². The quantitative estimate of drug-likeness (QED) is 0.729. The lowest BCUT2D eigenvalue weighted by Crippen LogP contribution is -2.34. The van der Waals surface area contributed by atoms with Crippen molar-refractivity contribution in [2.45, 2.75) is 53.9 Å². The SMILES string of the molecule is Cc1n[nH]c(C)c1C(C)(C)C(C)(C)C. The lowest BCUT2D eigenvalue weighted by atomic mass is 9.65. The molecule has 0 saturated heterocycles. The van der Waals surface area contributed by atoms with Crippen LogP contribution >= 0.6 is 0 Å². The third-order valence-corrected chi connectivity index (χ3v) is 3.63. The lowest BCUT2D eigenvalue weighted by molar-refractivity contribution is 0.223. The van der Waals surface area contributed by atoms with E-state index in [1.165, 1.54) is 11.3 Å². The molecule has 0 saturated carbocycles. The lowest BCUT2D eigenvalue weighted by Gasteiger charge is -2.39. The number of hydrogen-bond donors (Lipinski definition) is 1. The van der Waals surface area contributed by atoms with E-state index in [2.05, 4.69) is 58.7 Å². The Morgan fingerprint density at radius 3 is 1.79 bits per heavy atom. The Balaban J connectivity index is 3.29. The van der Waals surface area contributed by atoms with Crippen LogP contribution in [0.5, 0.6) is 0 Å². The van der Waals surface area contributed by atoms with Crippen LogP contribution in [0.4, 0.5) is 0 Å². The molecular weight excluding hydrogens is 172 g/mol. The summed E-state index contributed by atoms with van der Waals surface area (Å²) in [5.41, 5.74) is 4.08. The summed E-state index contributed by atoms with van der Waals surface area (Å²) in [6.45, 7) is 15.6. The van der Waals surface area contributed by atoms with Crippen molar-refractivity contribution in [2.75, 3.05) is 0 Å². The van der Waals surface area contributed by atoms with E-state index in [1.54, 1.807) is 0 Å². The summed E-state index contributed by atoms with van der Waals surface area (Å²) in [4.78, 5) is 0. The Kier molecular flexibility index (Phi) is 2.51. The molecule has 0 bridgehead atoms. The van der Waals surface area contributed by atoms with Crippen LogP contribution in [0.15, 0.2) is 0 Å². The van der Waals surface area contributed by atoms with Crippen LogP contribution in [0.3, 0.4) is 0 Å².